The summed E-state index contributed by atoms with van der Waals surface area (Å²) in [5.41, 5.74) is -0.795. The molecule has 4 nitrogen and oxygen atoms in total. The van der Waals surface area contributed by atoms with Crippen LogP contribution in [0, 0.1) is 11.3 Å². The number of carboxylic acid groups (broad SMARTS) is 1. The van der Waals surface area contributed by atoms with Gasteiger partial charge in [-0.05, 0) is 24.5 Å². The fourth-order valence-electron chi connectivity index (χ4n) is 2.12. The molecule has 5 heteroatoms. The molecule has 0 spiro atoms. The zero-order valence-corrected chi connectivity index (χ0v) is 13.4. The first-order valence-corrected chi connectivity index (χ1v) is 7.29. The lowest BCUT2D eigenvalue weighted by molar-refractivity contribution is -0.172. The van der Waals surface area contributed by atoms with Gasteiger partial charge in [-0.15, -0.1) is 0 Å². The molecule has 0 heterocycles. The molecule has 20 heavy (non-hydrogen) atoms. The molecule has 1 unspecified atom stereocenters. The Kier molecular flexibility index (Phi) is 5.74. The summed E-state index contributed by atoms with van der Waals surface area (Å²) in [6.07, 6.45) is 0.0975. The molecule has 1 rings (SSSR count). The molecular formula is C15H19BrO4. The summed E-state index contributed by atoms with van der Waals surface area (Å²) in [4.78, 5) is 24.0. The lowest BCUT2D eigenvalue weighted by atomic mass is 9.72. The van der Waals surface area contributed by atoms with E-state index in [1.165, 1.54) is 0 Å². The van der Waals surface area contributed by atoms with E-state index in [1.54, 1.807) is 20.8 Å². The molecule has 0 bridgehead atoms. The standard InChI is InChI=1S/C15H19BrO4/c1-4-20-14(19)15(10(2)3,13(17)18)9-11-7-5-6-8-12(11)16/h5-8,10H,4,9H2,1-3H3,(H,17,18). The first-order chi connectivity index (χ1) is 9.36. The maximum Gasteiger partial charge on any atom is 0.324 e. The monoisotopic (exact) mass is 342 g/mol. The Labute approximate surface area is 127 Å². The molecule has 0 aliphatic rings. The van der Waals surface area contributed by atoms with Gasteiger partial charge in [0, 0.05) is 10.9 Å². The van der Waals surface area contributed by atoms with E-state index in [0.717, 1.165) is 10.0 Å². The molecule has 110 valence electrons. The number of rotatable bonds is 6. The van der Waals surface area contributed by atoms with Crippen LogP contribution in [0.15, 0.2) is 28.7 Å². The normalized spacial score (nSPS) is 13.8. The Hall–Kier alpha value is -1.36. The minimum Gasteiger partial charge on any atom is -0.480 e. The molecule has 0 amide bonds. The van der Waals surface area contributed by atoms with Crippen LogP contribution in [0.1, 0.15) is 26.3 Å². The molecule has 1 atom stereocenters. The number of hydrogen-bond donors (Lipinski definition) is 1. The van der Waals surface area contributed by atoms with E-state index in [-0.39, 0.29) is 18.9 Å². The summed E-state index contributed by atoms with van der Waals surface area (Å²) >= 11 is 3.39. The van der Waals surface area contributed by atoms with Crippen LogP contribution in [-0.2, 0) is 20.7 Å². The largest absolute Gasteiger partial charge is 0.480 e. The van der Waals surface area contributed by atoms with Crippen LogP contribution < -0.4 is 0 Å². The van der Waals surface area contributed by atoms with Crippen molar-refractivity contribution in [3.63, 3.8) is 0 Å². The van der Waals surface area contributed by atoms with Crippen LogP contribution in [-0.4, -0.2) is 23.7 Å². The molecule has 0 saturated carbocycles. The lowest BCUT2D eigenvalue weighted by Crippen LogP contribution is -2.47. The van der Waals surface area contributed by atoms with Gasteiger partial charge in [0.05, 0.1) is 6.61 Å². The number of hydrogen-bond acceptors (Lipinski definition) is 3. The third-order valence-electron chi connectivity index (χ3n) is 3.43. The van der Waals surface area contributed by atoms with Crippen LogP contribution in [0.4, 0.5) is 0 Å². The summed E-state index contributed by atoms with van der Waals surface area (Å²) in [6.45, 7) is 5.28. The zero-order chi connectivity index (χ0) is 15.3. The second-order valence-electron chi connectivity index (χ2n) is 4.92. The van der Waals surface area contributed by atoms with Crippen molar-refractivity contribution >= 4 is 27.9 Å². The van der Waals surface area contributed by atoms with Gasteiger partial charge in [-0.3, -0.25) is 9.59 Å². The van der Waals surface area contributed by atoms with Crippen LogP contribution in [0.25, 0.3) is 0 Å². The molecule has 0 fully saturated rings. The van der Waals surface area contributed by atoms with Crippen LogP contribution in [0.5, 0.6) is 0 Å². The number of halogens is 1. The first kappa shape index (κ1) is 16.7. The molecule has 0 radical (unpaired) electrons. The van der Waals surface area contributed by atoms with Gasteiger partial charge in [0.25, 0.3) is 0 Å². The minimum absolute atomic E-state index is 0.0975. The Morgan fingerprint density at radius 1 is 1.35 bits per heavy atom. The number of carbonyl (C=O) groups is 2. The Morgan fingerprint density at radius 3 is 2.40 bits per heavy atom. The van der Waals surface area contributed by atoms with Crippen molar-refractivity contribution in [2.45, 2.75) is 27.2 Å². The van der Waals surface area contributed by atoms with Crippen molar-refractivity contribution in [1.82, 2.24) is 0 Å². The van der Waals surface area contributed by atoms with E-state index in [9.17, 15) is 14.7 Å². The summed E-state index contributed by atoms with van der Waals surface area (Å²) in [5.74, 6) is -2.22. The van der Waals surface area contributed by atoms with Gasteiger partial charge in [-0.2, -0.15) is 0 Å². The van der Waals surface area contributed by atoms with E-state index in [1.807, 2.05) is 24.3 Å². The minimum atomic E-state index is -1.57. The van der Waals surface area contributed by atoms with Crippen LogP contribution in [0.3, 0.4) is 0 Å². The molecule has 0 aliphatic carbocycles. The maximum absolute atomic E-state index is 12.2. The van der Waals surface area contributed by atoms with Crippen molar-refractivity contribution in [2.24, 2.45) is 11.3 Å². The average Bonchev–Trinajstić information content (AvgIpc) is 2.37. The van der Waals surface area contributed by atoms with Crippen molar-refractivity contribution < 1.29 is 19.4 Å². The van der Waals surface area contributed by atoms with Crippen LogP contribution in [0.2, 0.25) is 0 Å². The van der Waals surface area contributed by atoms with E-state index in [0.29, 0.717) is 0 Å². The number of carboxylic acids is 1. The average molecular weight is 343 g/mol. The zero-order valence-electron chi connectivity index (χ0n) is 11.9. The van der Waals surface area contributed by atoms with Crippen molar-refractivity contribution in [3.8, 4) is 0 Å². The van der Waals surface area contributed by atoms with Gasteiger partial charge in [0.15, 0.2) is 5.41 Å². The predicted molar refractivity (Wildman–Crippen MR) is 79.4 cm³/mol. The van der Waals surface area contributed by atoms with Gasteiger partial charge in [-0.1, -0.05) is 48.0 Å². The SMILES string of the molecule is CCOC(=O)C(Cc1ccccc1Br)(C(=O)O)C(C)C. The number of carbonyl (C=O) groups excluding carboxylic acids is 1. The second-order valence-corrected chi connectivity index (χ2v) is 5.77. The smallest absolute Gasteiger partial charge is 0.324 e. The third kappa shape index (κ3) is 3.20. The van der Waals surface area contributed by atoms with Crippen molar-refractivity contribution in [3.05, 3.63) is 34.3 Å². The van der Waals surface area contributed by atoms with Gasteiger partial charge < -0.3 is 9.84 Å². The molecule has 1 N–H and O–H groups in total. The van der Waals surface area contributed by atoms with Crippen molar-refractivity contribution in [1.29, 1.82) is 0 Å². The van der Waals surface area contributed by atoms with E-state index >= 15 is 0 Å². The Morgan fingerprint density at radius 2 is 1.95 bits per heavy atom. The second kappa shape index (κ2) is 6.88. The highest BCUT2D eigenvalue weighted by Crippen LogP contribution is 2.36. The highest BCUT2D eigenvalue weighted by Gasteiger charge is 2.50. The Balaban J connectivity index is 3.27. The van der Waals surface area contributed by atoms with Gasteiger partial charge >= 0.3 is 11.9 Å². The highest BCUT2D eigenvalue weighted by molar-refractivity contribution is 9.10. The number of benzene rings is 1. The van der Waals surface area contributed by atoms with E-state index in [4.69, 9.17) is 4.74 Å². The predicted octanol–water partition coefficient (Wildman–Crippen LogP) is 3.28. The highest BCUT2D eigenvalue weighted by atomic mass is 79.9. The van der Waals surface area contributed by atoms with E-state index < -0.39 is 17.4 Å². The molecule has 1 aromatic rings. The first-order valence-electron chi connectivity index (χ1n) is 6.50. The number of esters is 1. The summed E-state index contributed by atoms with van der Waals surface area (Å²) in [7, 11) is 0. The van der Waals surface area contributed by atoms with Gasteiger partial charge in [0.2, 0.25) is 0 Å². The molecular weight excluding hydrogens is 324 g/mol. The van der Waals surface area contributed by atoms with Crippen LogP contribution >= 0.6 is 15.9 Å². The molecule has 0 saturated heterocycles. The molecule has 1 aromatic carbocycles. The Bertz CT molecular complexity index is 498. The van der Waals surface area contributed by atoms with Gasteiger partial charge in [-0.25, -0.2) is 0 Å². The fraction of sp³-hybridized carbons (Fsp3) is 0.467. The summed E-state index contributed by atoms with van der Waals surface area (Å²) < 4.78 is 5.79. The third-order valence-corrected chi connectivity index (χ3v) is 4.21. The summed E-state index contributed by atoms with van der Waals surface area (Å²) in [5, 5.41) is 9.63. The topological polar surface area (TPSA) is 63.6 Å². The number of aliphatic carboxylic acids is 1. The molecule has 0 aromatic heterocycles. The number of ether oxygens (including phenoxy) is 1. The maximum atomic E-state index is 12.2. The fourth-order valence-corrected chi connectivity index (χ4v) is 2.55. The summed E-state index contributed by atoms with van der Waals surface area (Å²) in [6, 6.07) is 7.30. The van der Waals surface area contributed by atoms with E-state index in [2.05, 4.69) is 15.9 Å². The lowest BCUT2D eigenvalue weighted by Gasteiger charge is -2.31. The quantitative estimate of drug-likeness (QED) is 0.636. The van der Waals surface area contributed by atoms with Crippen molar-refractivity contribution in [2.75, 3.05) is 6.61 Å². The molecule has 0 aliphatic heterocycles. The van der Waals surface area contributed by atoms with Gasteiger partial charge in [0.1, 0.15) is 0 Å².